The minimum Gasteiger partial charge on any atom is -0.461 e. The lowest BCUT2D eigenvalue weighted by atomic mass is 9.81. The number of esters is 1. The fourth-order valence-electron chi connectivity index (χ4n) is 9.93. The number of aliphatic hydroxyl groups excluding tert-OH is 4. The molecule has 0 radical (unpaired) electrons. The van der Waals surface area contributed by atoms with E-state index in [9.17, 15) is 49.5 Å². The van der Waals surface area contributed by atoms with Gasteiger partial charge in [0.2, 0.25) is 12.2 Å². The Morgan fingerprint density at radius 1 is 1.04 bits per heavy atom. The smallest absolute Gasteiger partial charge is 0.407 e. The summed E-state index contributed by atoms with van der Waals surface area (Å²) in [5.41, 5.74) is 1.09. The summed E-state index contributed by atoms with van der Waals surface area (Å²) in [4.78, 5) is 71.8. The molecule has 4 aromatic rings. The molecule has 8 rings (SSSR count). The van der Waals surface area contributed by atoms with Crippen molar-refractivity contribution in [3.63, 3.8) is 0 Å². The molecule has 3 aliphatic heterocycles. The molecule has 20 nitrogen and oxygen atoms in total. The standard InChI is InChI=1S/C52H60FN5O15/c1-5-7-8-9-10-11-26(3)69-25-40(60)54-16-17-55-47(64)30-18-28(12-15-38(30)72-49-46(63)45(62)44(61)39(22-59)73-49)23-71-51(67)57-35-14-13-29-27(4)34(53)20-36-41(29)42(35)31-21-58-37(43(31)56-36)19-33-32(48(58)65)24-70-50(66)52(33,68)6-2/h1,12,15,18-20,26,35,39,44-46,49,59,61-63,68H,6-11,13-14,16-17,21-25H2,2-4H3,(H,54,60)(H,55,64)(H,57,67)/t26?,35-,39+,44+,45-,46+,49+,52-/m0/s1. The number of hydrogen-bond acceptors (Lipinski definition) is 16. The third kappa shape index (κ3) is 10.6. The van der Waals surface area contributed by atoms with E-state index < -0.39 is 84.2 Å². The molecular formula is C52H60FN5O15. The van der Waals surface area contributed by atoms with Crippen LogP contribution in [0.1, 0.15) is 114 Å². The molecule has 390 valence electrons. The van der Waals surface area contributed by atoms with Crippen LogP contribution < -0.4 is 26.2 Å². The number of benzene rings is 2. The van der Waals surface area contributed by atoms with Crippen LogP contribution in [0.15, 0.2) is 35.1 Å². The molecule has 1 fully saturated rings. The average molecular weight is 1010 g/mol. The molecule has 8 N–H and O–H groups in total. The van der Waals surface area contributed by atoms with E-state index in [1.807, 2.05) is 6.92 Å². The first-order chi connectivity index (χ1) is 35.0. The van der Waals surface area contributed by atoms with Gasteiger partial charge in [0, 0.05) is 42.1 Å². The number of alkyl carbamates (subject to hydrolysis) is 1. The van der Waals surface area contributed by atoms with E-state index in [4.69, 9.17) is 35.1 Å². The zero-order valence-electron chi connectivity index (χ0n) is 40.7. The van der Waals surface area contributed by atoms with E-state index >= 15 is 4.39 Å². The van der Waals surface area contributed by atoms with Crippen LogP contribution in [-0.4, -0.2) is 122 Å². The Hall–Kier alpha value is -6.51. The number of nitrogens with zero attached hydrogens (tertiary/aromatic N) is 2. The number of terminal acetylenes is 1. The van der Waals surface area contributed by atoms with Gasteiger partial charge in [-0.05, 0) is 86.4 Å². The summed E-state index contributed by atoms with van der Waals surface area (Å²) in [5.74, 6) is -0.00176. The maximum Gasteiger partial charge on any atom is 0.407 e. The highest BCUT2D eigenvalue weighted by atomic mass is 19.1. The predicted molar refractivity (Wildman–Crippen MR) is 257 cm³/mol. The van der Waals surface area contributed by atoms with Crippen molar-refractivity contribution in [3.8, 4) is 29.5 Å². The van der Waals surface area contributed by atoms with Crippen molar-refractivity contribution in [2.75, 3.05) is 26.3 Å². The van der Waals surface area contributed by atoms with Crippen molar-refractivity contribution < 1.29 is 72.8 Å². The van der Waals surface area contributed by atoms with Gasteiger partial charge in [-0.3, -0.25) is 14.4 Å². The Bertz CT molecular complexity index is 2900. The number of fused-ring (bicyclic) bond motifs is 5. The highest BCUT2D eigenvalue weighted by Crippen LogP contribution is 2.46. The zero-order chi connectivity index (χ0) is 52.3. The number of rotatable bonds is 19. The molecular weight excluding hydrogens is 954 g/mol. The molecule has 2 aromatic carbocycles. The van der Waals surface area contributed by atoms with Gasteiger partial charge in [0.25, 0.3) is 11.5 Å². The molecule has 1 saturated heterocycles. The minimum absolute atomic E-state index is 0.0220. The highest BCUT2D eigenvalue weighted by molar-refractivity contribution is 5.97. The summed E-state index contributed by atoms with van der Waals surface area (Å²) in [6.45, 7) is 3.52. The molecule has 0 bridgehead atoms. The van der Waals surface area contributed by atoms with E-state index in [2.05, 4.69) is 21.9 Å². The number of ether oxygens (including phenoxy) is 5. The van der Waals surface area contributed by atoms with Crippen molar-refractivity contribution in [1.29, 1.82) is 0 Å². The van der Waals surface area contributed by atoms with Gasteiger partial charge < -0.3 is 69.7 Å². The number of aryl methyl sites for hydroxylation is 1. The van der Waals surface area contributed by atoms with Gasteiger partial charge in [-0.2, -0.15) is 0 Å². The number of unbranched alkanes of at least 4 members (excludes halogenated alkanes) is 3. The van der Waals surface area contributed by atoms with Crippen LogP contribution in [-0.2, 0) is 60.3 Å². The van der Waals surface area contributed by atoms with Gasteiger partial charge in [0.05, 0.1) is 53.3 Å². The van der Waals surface area contributed by atoms with E-state index in [0.29, 0.717) is 63.9 Å². The van der Waals surface area contributed by atoms with Crippen LogP contribution in [0.3, 0.4) is 0 Å². The number of carbonyl (C=O) groups is 4. The predicted octanol–water partition coefficient (Wildman–Crippen LogP) is 2.45. The molecule has 2 aromatic heterocycles. The van der Waals surface area contributed by atoms with Crippen molar-refractivity contribution >= 4 is 34.8 Å². The first-order valence-corrected chi connectivity index (χ1v) is 24.4. The van der Waals surface area contributed by atoms with Crippen LogP contribution >= 0.6 is 0 Å². The summed E-state index contributed by atoms with van der Waals surface area (Å²) in [7, 11) is 0. The maximum absolute atomic E-state index is 15.5. The van der Waals surface area contributed by atoms with Gasteiger partial charge >= 0.3 is 12.1 Å². The van der Waals surface area contributed by atoms with Crippen molar-refractivity contribution in [2.45, 2.75) is 140 Å². The number of nitrogens with one attached hydrogen (secondary N) is 3. The van der Waals surface area contributed by atoms with E-state index in [1.54, 1.807) is 19.9 Å². The lowest BCUT2D eigenvalue weighted by Gasteiger charge is -2.39. The Labute approximate surface area is 419 Å². The second-order valence-corrected chi connectivity index (χ2v) is 18.8. The normalized spacial score (nSPS) is 23.0. The van der Waals surface area contributed by atoms with Crippen molar-refractivity contribution in [2.24, 2.45) is 0 Å². The van der Waals surface area contributed by atoms with Gasteiger partial charge in [0.1, 0.15) is 55.8 Å². The Morgan fingerprint density at radius 2 is 1.82 bits per heavy atom. The van der Waals surface area contributed by atoms with Crippen LogP contribution in [0, 0.1) is 25.1 Å². The molecule has 0 spiro atoms. The monoisotopic (exact) mass is 1010 g/mol. The van der Waals surface area contributed by atoms with Crippen LogP contribution in [0.2, 0.25) is 0 Å². The molecule has 8 atom stereocenters. The lowest BCUT2D eigenvalue weighted by molar-refractivity contribution is -0.277. The first-order valence-electron chi connectivity index (χ1n) is 24.4. The summed E-state index contributed by atoms with van der Waals surface area (Å²) >= 11 is 0. The third-order valence-electron chi connectivity index (χ3n) is 14.1. The number of pyridine rings is 2. The molecule has 73 heavy (non-hydrogen) atoms. The molecule has 4 aliphatic rings. The van der Waals surface area contributed by atoms with Gasteiger partial charge in [0.15, 0.2) is 5.60 Å². The van der Waals surface area contributed by atoms with Crippen LogP contribution in [0.25, 0.3) is 22.3 Å². The largest absolute Gasteiger partial charge is 0.461 e. The van der Waals surface area contributed by atoms with Gasteiger partial charge in [-0.1, -0.05) is 25.8 Å². The minimum atomic E-state index is -2.07. The summed E-state index contributed by atoms with van der Waals surface area (Å²) in [5, 5.41) is 61.5. The number of cyclic esters (lactones) is 1. The van der Waals surface area contributed by atoms with Crippen molar-refractivity contribution in [3.05, 3.63) is 91.0 Å². The lowest BCUT2D eigenvalue weighted by Crippen LogP contribution is -2.60. The maximum atomic E-state index is 15.5. The number of hydrogen-bond donors (Lipinski definition) is 8. The van der Waals surface area contributed by atoms with Crippen molar-refractivity contribution in [1.82, 2.24) is 25.5 Å². The number of carbonyl (C=O) groups excluding carboxylic acids is 4. The van der Waals surface area contributed by atoms with Gasteiger partial charge in [-0.15, -0.1) is 12.3 Å². The summed E-state index contributed by atoms with van der Waals surface area (Å²) in [6.07, 6.45) is 1.01. The number of aliphatic hydroxyl groups is 5. The first kappa shape index (κ1) is 52.8. The van der Waals surface area contributed by atoms with Gasteiger partial charge in [-0.25, -0.2) is 19.0 Å². The Morgan fingerprint density at radius 3 is 2.58 bits per heavy atom. The highest BCUT2D eigenvalue weighted by Gasteiger charge is 2.47. The zero-order valence-corrected chi connectivity index (χ0v) is 40.7. The molecule has 3 amide bonds. The SMILES string of the molecule is C#CCCCCCC(C)OCC(=O)NCCNC(=O)c1cc(COC(=O)N[C@H]2CCc3c(C)c(F)cc4nc5c(c2c34)Cn2c-5cc3c(c2=O)COC(=O)[C@]3(O)CC)ccc1O[C@@H]1O[C@H](CO)[C@@H](O)[C@H](O)[C@H]1O. The number of halogens is 1. The molecule has 5 heterocycles. The molecule has 21 heteroatoms. The summed E-state index contributed by atoms with van der Waals surface area (Å²) < 4.78 is 44.9. The molecule has 1 unspecified atom stereocenters. The van der Waals surface area contributed by atoms with Crippen LogP contribution in [0.4, 0.5) is 9.18 Å². The average Bonchev–Trinajstić information content (AvgIpc) is 3.75. The molecule has 0 saturated carbocycles. The Kier molecular flexibility index (Phi) is 16.1. The Balaban J connectivity index is 0.988. The quantitative estimate of drug-likeness (QED) is 0.0335. The second-order valence-electron chi connectivity index (χ2n) is 18.8. The topological polar surface area (TPSA) is 287 Å². The second kappa shape index (κ2) is 22.3. The van der Waals surface area contributed by atoms with E-state index in [0.717, 1.165) is 25.7 Å². The third-order valence-corrected chi connectivity index (χ3v) is 14.1. The molecule has 1 aliphatic carbocycles. The number of amides is 3. The van der Waals surface area contributed by atoms with E-state index in [1.165, 1.54) is 28.8 Å². The fourth-order valence-corrected chi connectivity index (χ4v) is 9.93. The van der Waals surface area contributed by atoms with E-state index in [-0.39, 0.29) is 79.9 Å². The fraction of sp³-hybridized carbons (Fsp3) is 0.500. The summed E-state index contributed by atoms with van der Waals surface area (Å²) in [6, 6.07) is 6.32. The number of aromatic nitrogens is 2. The van der Waals surface area contributed by atoms with Crippen LogP contribution in [0.5, 0.6) is 5.75 Å².